The van der Waals surface area contributed by atoms with Crippen molar-refractivity contribution in [2.75, 3.05) is 19.8 Å². The molecule has 0 spiro atoms. The minimum Gasteiger partial charge on any atom is -0.389 e. The molecule has 1 aliphatic heterocycles. The minimum atomic E-state index is -1.04. The first-order valence-corrected chi connectivity index (χ1v) is 11.9. The van der Waals surface area contributed by atoms with Gasteiger partial charge in [0.25, 0.3) is 0 Å². The van der Waals surface area contributed by atoms with Gasteiger partial charge in [-0.1, -0.05) is 25.3 Å². The van der Waals surface area contributed by atoms with E-state index in [1.807, 2.05) is 0 Å². The van der Waals surface area contributed by atoms with E-state index >= 15 is 0 Å². The quantitative estimate of drug-likeness (QED) is 0.449. The predicted octanol–water partition coefficient (Wildman–Crippen LogP) is 3.65. The molecule has 0 unspecified atom stereocenters. The number of carbonyl (C=O) groups excluding carboxylic acids is 1. The molecule has 1 heterocycles. The number of aliphatic hydroxyl groups is 1. The molecule has 1 aromatic rings. The van der Waals surface area contributed by atoms with Gasteiger partial charge in [0.15, 0.2) is 6.29 Å². The summed E-state index contributed by atoms with van der Waals surface area (Å²) in [7, 11) is 0. The third-order valence-corrected chi connectivity index (χ3v) is 6.56. The largest absolute Gasteiger partial charge is 0.389 e. The summed E-state index contributed by atoms with van der Waals surface area (Å²) in [4.78, 5) is 12.5. The number of morpholine rings is 1. The summed E-state index contributed by atoms with van der Waals surface area (Å²) in [6.07, 6.45) is 6.49. The highest BCUT2D eigenvalue weighted by molar-refractivity contribution is 5.92. The highest BCUT2D eigenvalue weighted by Crippen LogP contribution is 2.24. The van der Waals surface area contributed by atoms with E-state index in [-0.39, 0.29) is 37.6 Å². The maximum Gasteiger partial charge on any atom is 0.246 e. The Kier molecular flexibility index (Phi) is 11.9. The first kappa shape index (κ1) is 28.7. The lowest BCUT2D eigenvalue weighted by molar-refractivity contribution is -0.179. The number of carbonyl (C=O) groups is 1. The van der Waals surface area contributed by atoms with Crippen LogP contribution in [0.25, 0.3) is 0 Å². The summed E-state index contributed by atoms with van der Waals surface area (Å²) in [6, 6.07) is 1.97. The van der Waals surface area contributed by atoms with Crippen LogP contribution in [0.15, 0.2) is 29.8 Å². The van der Waals surface area contributed by atoms with Gasteiger partial charge in [-0.2, -0.15) is 0 Å². The fourth-order valence-electron chi connectivity index (χ4n) is 4.43. The molecule has 0 bridgehead atoms. The van der Waals surface area contributed by atoms with Gasteiger partial charge in [-0.3, -0.25) is 4.79 Å². The Labute approximate surface area is 206 Å². The first-order chi connectivity index (χ1) is 15.9. The molecule has 0 radical (unpaired) electrons. The Morgan fingerprint density at radius 1 is 1.26 bits per heavy atom. The number of benzene rings is 1. The minimum absolute atomic E-state index is 0. The van der Waals surface area contributed by atoms with Crippen molar-refractivity contribution in [2.24, 2.45) is 5.92 Å². The van der Waals surface area contributed by atoms with E-state index in [4.69, 9.17) is 9.47 Å². The molecule has 1 saturated carbocycles. The zero-order chi connectivity index (χ0) is 23.8. The summed E-state index contributed by atoms with van der Waals surface area (Å²) >= 11 is 0. The van der Waals surface area contributed by atoms with Gasteiger partial charge < -0.3 is 25.2 Å². The van der Waals surface area contributed by atoms with Gasteiger partial charge in [0, 0.05) is 18.2 Å². The molecule has 1 amide bonds. The van der Waals surface area contributed by atoms with Crippen molar-refractivity contribution < 1.29 is 28.2 Å². The van der Waals surface area contributed by atoms with Crippen molar-refractivity contribution in [2.45, 2.75) is 76.9 Å². The van der Waals surface area contributed by atoms with Crippen LogP contribution in [0.2, 0.25) is 0 Å². The van der Waals surface area contributed by atoms with E-state index in [1.54, 1.807) is 19.9 Å². The van der Waals surface area contributed by atoms with Gasteiger partial charge in [-0.05, 0) is 56.7 Å². The molecule has 34 heavy (non-hydrogen) atoms. The maximum absolute atomic E-state index is 13.7. The van der Waals surface area contributed by atoms with Crippen LogP contribution in [0.3, 0.4) is 0 Å². The van der Waals surface area contributed by atoms with E-state index in [2.05, 4.69) is 10.6 Å². The molecule has 9 heteroatoms. The second-order valence-electron chi connectivity index (χ2n) is 9.14. The Morgan fingerprint density at radius 3 is 2.53 bits per heavy atom. The molecule has 0 aromatic heterocycles. The van der Waals surface area contributed by atoms with E-state index < -0.39 is 29.8 Å². The van der Waals surface area contributed by atoms with Gasteiger partial charge in [0.2, 0.25) is 5.91 Å². The van der Waals surface area contributed by atoms with Crippen molar-refractivity contribution >= 4 is 18.3 Å². The van der Waals surface area contributed by atoms with Crippen LogP contribution in [-0.2, 0) is 20.7 Å². The molecule has 6 nitrogen and oxygen atoms in total. The van der Waals surface area contributed by atoms with Crippen LogP contribution < -0.4 is 10.6 Å². The number of nitrogens with one attached hydrogen (secondary N) is 2. The SMILES string of the molecule is C/C=C(\C)C(=O)N[C@@H](Cc1cc(F)cc(F)c1)[C@H](O)[C@H]1CO[C@@H](OCC2CCCCC2)CN1.Cl. The van der Waals surface area contributed by atoms with Crippen molar-refractivity contribution in [3.05, 3.63) is 47.0 Å². The second-order valence-corrected chi connectivity index (χ2v) is 9.14. The lowest BCUT2D eigenvalue weighted by Gasteiger charge is -2.37. The Morgan fingerprint density at radius 2 is 1.94 bits per heavy atom. The lowest BCUT2D eigenvalue weighted by atomic mass is 9.90. The van der Waals surface area contributed by atoms with Gasteiger partial charge >= 0.3 is 0 Å². The summed E-state index contributed by atoms with van der Waals surface area (Å²) in [5, 5.41) is 17.1. The highest BCUT2D eigenvalue weighted by atomic mass is 35.5. The van der Waals surface area contributed by atoms with E-state index in [0.717, 1.165) is 6.07 Å². The normalized spacial score (nSPS) is 23.6. The van der Waals surface area contributed by atoms with Crippen molar-refractivity contribution in [1.82, 2.24) is 10.6 Å². The number of ether oxygens (including phenoxy) is 2. The average molecular weight is 503 g/mol. The summed E-state index contributed by atoms with van der Waals surface area (Å²) in [6.45, 7) is 4.69. The zero-order valence-corrected chi connectivity index (χ0v) is 20.7. The molecule has 2 fully saturated rings. The van der Waals surface area contributed by atoms with Gasteiger partial charge in [0.05, 0.1) is 31.4 Å². The number of hydrogen-bond acceptors (Lipinski definition) is 5. The van der Waals surface area contributed by atoms with Crippen LogP contribution in [0.4, 0.5) is 8.78 Å². The Balaban J connectivity index is 0.00000408. The number of halogens is 3. The van der Waals surface area contributed by atoms with Crippen LogP contribution in [-0.4, -0.2) is 55.2 Å². The number of amides is 1. The van der Waals surface area contributed by atoms with E-state index in [0.29, 0.717) is 30.2 Å². The third-order valence-electron chi connectivity index (χ3n) is 6.56. The number of aliphatic hydroxyl groups excluding tert-OH is 1. The molecular weight excluding hydrogens is 466 g/mol. The molecule has 3 N–H and O–H groups in total. The van der Waals surface area contributed by atoms with Crippen molar-refractivity contribution in [3.63, 3.8) is 0 Å². The van der Waals surface area contributed by atoms with Gasteiger partial charge in [-0.15, -0.1) is 12.4 Å². The zero-order valence-electron chi connectivity index (χ0n) is 19.9. The molecule has 2 aliphatic rings. The van der Waals surface area contributed by atoms with E-state index in [1.165, 1.54) is 44.2 Å². The Hall–Kier alpha value is -1.58. The molecular formula is C25H37ClF2N2O4. The average Bonchev–Trinajstić information content (AvgIpc) is 2.81. The fraction of sp³-hybridized carbons (Fsp3) is 0.640. The van der Waals surface area contributed by atoms with Crippen LogP contribution in [0.1, 0.15) is 51.5 Å². The van der Waals surface area contributed by atoms with Crippen LogP contribution in [0, 0.1) is 17.6 Å². The van der Waals surface area contributed by atoms with Gasteiger partial charge in [-0.25, -0.2) is 8.78 Å². The number of rotatable bonds is 9. The second kappa shape index (κ2) is 14.1. The smallest absolute Gasteiger partial charge is 0.246 e. The van der Waals surface area contributed by atoms with E-state index in [9.17, 15) is 18.7 Å². The third kappa shape index (κ3) is 8.57. The number of hydrogen-bond donors (Lipinski definition) is 3. The first-order valence-electron chi connectivity index (χ1n) is 11.9. The maximum atomic E-state index is 13.7. The van der Waals surface area contributed by atoms with Crippen molar-refractivity contribution in [3.8, 4) is 0 Å². The number of allylic oxidation sites excluding steroid dienone is 1. The Bertz CT molecular complexity index is 792. The summed E-state index contributed by atoms with van der Waals surface area (Å²) in [5.41, 5.74) is 0.835. The molecule has 1 aliphatic carbocycles. The highest BCUT2D eigenvalue weighted by Gasteiger charge is 2.33. The summed E-state index contributed by atoms with van der Waals surface area (Å²) in [5.74, 6) is -1.17. The van der Waals surface area contributed by atoms with Crippen molar-refractivity contribution in [1.29, 1.82) is 0 Å². The molecule has 3 rings (SSSR count). The standard InChI is InChI=1S/C25H36F2N2O4.ClH/c1-3-16(2)25(31)29-21(11-18-9-19(26)12-20(27)10-18)24(30)22-15-33-23(13-28-22)32-14-17-7-5-4-6-8-17;/h3,9-10,12,17,21-24,28,30H,4-8,11,13-15H2,1-2H3,(H,29,31);1H/b16-3+;/t21-,22+,23+,24-;/m0./s1. The monoisotopic (exact) mass is 502 g/mol. The summed E-state index contributed by atoms with van der Waals surface area (Å²) < 4.78 is 39.1. The lowest BCUT2D eigenvalue weighted by Crippen LogP contribution is -2.59. The van der Waals surface area contributed by atoms with Crippen LogP contribution in [0.5, 0.6) is 0 Å². The predicted molar refractivity (Wildman–Crippen MR) is 129 cm³/mol. The molecule has 192 valence electrons. The van der Waals surface area contributed by atoms with Crippen LogP contribution >= 0.6 is 12.4 Å². The van der Waals surface area contributed by atoms with Gasteiger partial charge in [0.1, 0.15) is 11.6 Å². The molecule has 1 aromatic carbocycles. The molecule has 4 atom stereocenters. The molecule has 1 saturated heterocycles. The fourth-order valence-corrected chi connectivity index (χ4v) is 4.43. The topological polar surface area (TPSA) is 79.8 Å².